The minimum absolute atomic E-state index is 0.138. The van der Waals surface area contributed by atoms with Crippen LogP contribution in [-0.2, 0) is 6.42 Å². The van der Waals surface area contributed by atoms with E-state index in [4.69, 9.17) is 19.4 Å². The Labute approximate surface area is 239 Å². The van der Waals surface area contributed by atoms with E-state index in [1.165, 1.54) is 0 Å². The lowest BCUT2D eigenvalue weighted by Gasteiger charge is -2.14. The number of amides is 1. The largest absolute Gasteiger partial charge is 0.490 e. The van der Waals surface area contributed by atoms with Crippen LogP contribution in [0.5, 0.6) is 11.5 Å². The Morgan fingerprint density at radius 3 is 2.24 bits per heavy atom. The number of carbonyl (C=O) groups excluding carboxylic acids is 1. The zero-order chi connectivity index (χ0) is 28.8. The van der Waals surface area contributed by atoms with Gasteiger partial charge in [-0.15, -0.1) is 0 Å². The fourth-order valence-electron chi connectivity index (χ4n) is 4.58. The Balaban J connectivity index is 1.27. The molecule has 0 aliphatic heterocycles. The summed E-state index contributed by atoms with van der Waals surface area (Å²) in [6, 6.07) is 22.9. The monoisotopic (exact) mass is 550 g/mol. The van der Waals surface area contributed by atoms with E-state index in [1.807, 2.05) is 88.4 Å². The molecule has 210 valence electrons. The van der Waals surface area contributed by atoms with Crippen molar-refractivity contribution in [1.82, 2.24) is 25.1 Å². The highest BCUT2D eigenvalue weighted by atomic mass is 16.5. The topological polar surface area (TPSA) is 103 Å². The van der Waals surface area contributed by atoms with Crippen molar-refractivity contribution in [2.45, 2.75) is 34.1 Å². The van der Waals surface area contributed by atoms with Crippen molar-refractivity contribution in [2.75, 3.05) is 25.1 Å². The third kappa shape index (κ3) is 6.46. The summed E-state index contributed by atoms with van der Waals surface area (Å²) in [4.78, 5) is 22.5. The third-order valence-electron chi connectivity index (χ3n) is 6.48. The maximum Gasteiger partial charge on any atom is 0.251 e. The second-order valence-electron chi connectivity index (χ2n) is 9.58. The van der Waals surface area contributed by atoms with E-state index < -0.39 is 0 Å². The lowest BCUT2D eigenvalue weighted by Crippen LogP contribution is -2.25. The van der Waals surface area contributed by atoms with Gasteiger partial charge in [0.25, 0.3) is 5.91 Å². The molecule has 41 heavy (non-hydrogen) atoms. The van der Waals surface area contributed by atoms with Gasteiger partial charge in [0.05, 0.1) is 29.9 Å². The molecule has 0 saturated carbocycles. The Bertz CT molecular complexity index is 1660. The molecular formula is C32H34N6O3. The first kappa shape index (κ1) is 27.6. The summed E-state index contributed by atoms with van der Waals surface area (Å²) in [5, 5.41) is 11.0. The molecule has 0 atom stereocenters. The van der Waals surface area contributed by atoms with Gasteiger partial charge in [-0.2, -0.15) is 5.10 Å². The number of nitrogens with zero attached hydrogens (tertiary/aromatic N) is 4. The molecule has 0 spiro atoms. The first-order valence-electron chi connectivity index (χ1n) is 13.8. The molecule has 9 nitrogen and oxygen atoms in total. The molecule has 0 aliphatic carbocycles. The summed E-state index contributed by atoms with van der Waals surface area (Å²) in [7, 11) is 0. The Morgan fingerprint density at radius 1 is 0.854 bits per heavy atom. The van der Waals surface area contributed by atoms with E-state index in [0.717, 1.165) is 45.2 Å². The zero-order valence-corrected chi connectivity index (χ0v) is 23.8. The van der Waals surface area contributed by atoms with Gasteiger partial charge in [-0.1, -0.05) is 18.2 Å². The van der Waals surface area contributed by atoms with Gasteiger partial charge in [-0.3, -0.25) is 4.79 Å². The van der Waals surface area contributed by atoms with E-state index in [9.17, 15) is 4.79 Å². The van der Waals surface area contributed by atoms with Crippen LogP contribution in [0.3, 0.4) is 0 Å². The average Bonchev–Trinajstić information content (AvgIpc) is 3.31. The molecule has 3 aromatic carbocycles. The highest BCUT2D eigenvalue weighted by Gasteiger charge is 2.15. The molecule has 5 rings (SSSR count). The van der Waals surface area contributed by atoms with Gasteiger partial charge >= 0.3 is 0 Å². The minimum atomic E-state index is -0.138. The normalized spacial score (nSPS) is 10.9. The van der Waals surface area contributed by atoms with Crippen LogP contribution in [-0.4, -0.2) is 45.4 Å². The molecule has 0 bridgehead atoms. The summed E-state index contributed by atoms with van der Waals surface area (Å²) >= 11 is 0. The van der Waals surface area contributed by atoms with E-state index in [0.29, 0.717) is 43.4 Å². The summed E-state index contributed by atoms with van der Waals surface area (Å²) in [5.74, 6) is 2.50. The molecule has 0 aliphatic rings. The fraction of sp³-hybridized carbons (Fsp3) is 0.250. The van der Waals surface area contributed by atoms with Crippen molar-refractivity contribution in [2.24, 2.45) is 0 Å². The smallest absolute Gasteiger partial charge is 0.251 e. The molecule has 0 saturated heterocycles. The fourth-order valence-corrected chi connectivity index (χ4v) is 4.58. The number of fused-ring (bicyclic) bond motifs is 1. The van der Waals surface area contributed by atoms with Gasteiger partial charge in [0, 0.05) is 23.5 Å². The van der Waals surface area contributed by atoms with E-state index in [1.54, 1.807) is 16.8 Å². The second kappa shape index (κ2) is 12.5. The number of benzene rings is 3. The highest BCUT2D eigenvalue weighted by Crippen LogP contribution is 2.29. The van der Waals surface area contributed by atoms with E-state index >= 15 is 0 Å². The number of aryl methyl sites for hydroxylation is 2. The Kier molecular flexibility index (Phi) is 8.43. The van der Waals surface area contributed by atoms with Crippen LogP contribution < -0.4 is 20.1 Å². The molecule has 1 amide bonds. The predicted octanol–water partition coefficient (Wildman–Crippen LogP) is 5.95. The Hall–Kier alpha value is -4.92. The van der Waals surface area contributed by atoms with Crippen LogP contribution in [0.2, 0.25) is 0 Å². The number of para-hydroxylation sites is 2. The SMILES string of the molecule is CCOc1ccc(CCNC(=O)c2ccc(Nc3nc4ccccc4nc3-n3nc(C)cc3C)cc2)cc1OCC. The summed E-state index contributed by atoms with van der Waals surface area (Å²) in [5.41, 5.74) is 5.83. The summed E-state index contributed by atoms with van der Waals surface area (Å²) in [6.45, 7) is 9.45. The van der Waals surface area contributed by atoms with Crippen LogP contribution in [0.15, 0.2) is 72.8 Å². The molecular weight excluding hydrogens is 516 g/mol. The zero-order valence-electron chi connectivity index (χ0n) is 23.8. The van der Waals surface area contributed by atoms with Crippen LogP contribution in [0.4, 0.5) is 11.5 Å². The van der Waals surface area contributed by atoms with Crippen LogP contribution in [0, 0.1) is 13.8 Å². The first-order chi connectivity index (χ1) is 19.9. The van der Waals surface area contributed by atoms with Gasteiger partial charge in [-0.05, 0) is 94.3 Å². The van der Waals surface area contributed by atoms with E-state index in [-0.39, 0.29) is 5.91 Å². The van der Waals surface area contributed by atoms with Crippen LogP contribution in [0.25, 0.3) is 16.9 Å². The number of hydrogen-bond donors (Lipinski definition) is 2. The van der Waals surface area contributed by atoms with Gasteiger partial charge in [0.1, 0.15) is 0 Å². The number of carbonyl (C=O) groups is 1. The van der Waals surface area contributed by atoms with Crippen LogP contribution in [0.1, 0.15) is 41.2 Å². The molecule has 2 heterocycles. The highest BCUT2D eigenvalue weighted by molar-refractivity contribution is 5.94. The van der Waals surface area contributed by atoms with E-state index in [2.05, 4.69) is 15.7 Å². The van der Waals surface area contributed by atoms with Crippen molar-refractivity contribution >= 4 is 28.4 Å². The number of nitrogens with one attached hydrogen (secondary N) is 2. The number of ether oxygens (including phenoxy) is 2. The number of rotatable bonds is 11. The summed E-state index contributed by atoms with van der Waals surface area (Å²) in [6.07, 6.45) is 0.674. The minimum Gasteiger partial charge on any atom is -0.490 e. The van der Waals surface area contributed by atoms with Gasteiger partial charge < -0.3 is 20.1 Å². The van der Waals surface area contributed by atoms with Gasteiger partial charge in [0.2, 0.25) is 0 Å². The number of anilines is 2. The van der Waals surface area contributed by atoms with Gasteiger partial charge in [-0.25, -0.2) is 14.6 Å². The predicted molar refractivity (Wildman–Crippen MR) is 161 cm³/mol. The third-order valence-corrected chi connectivity index (χ3v) is 6.48. The second-order valence-corrected chi connectivity index (χ2v) is 9.58. The van der Waals surface area contributed by atoms with Crippen molar-refractivity contribution < 1.29 is 14.3 Å². The maximum absolute atomic E-state index is 12.8. The maximum atomic E-state index is 12.8. The standard InChI is InChI=1S/C32H34N6O3/c1-5-40-28-16-11-23(20-29(28)41-6-2)17-18-33-32(39)24-12-14-25(15-13-24)34-30-31(38-22(4)19-21(3)37-38)36-27-10-8-7-9-26(27)35-30/h7-16,19-20H,5-6,17-18H2,1-4H3,(H,33,39)(H,34,35). The summed E-state index contributed by atoms with van der Waals surface area (Å²) < 4.78 is 13.1. The van der Waals surface area contributed by atoms with Crippen molar-refractivity contribution in [3.63, 3.8) is 0 Å². The molecule has 0 radical (unpaired) electrons. The number of aromatic nitrogens is 4. The molecule has 5 aromatic rings. The number of hydrogen-bond acceptors (Lipinski definition) is 7. The molecule has 2 aromatic heterocycles. The Morgan fingerprint density at radius 2 is 1.56 bits per heavy atom. The lowest BCUT2D eigenvalue weighted by atomic mass is 10.1. The van der Waals surface area contributed by atoms with Crippen LogP contribution >= 0.6 is 0 Å². The molecule has 0 unspecified atom stereocenters. The molecule has 0 fully saturated rings. The average molecular weight is 551 g/mol. The molecule has 2 N–H and O–H groups in total. The van der Waals surface area contributed by atoms with Crippen molar-refractivity contribution in [1.29, 1.82) is 0 Å². The van der Waals surface area contributed by atoms with Gasteiger partial charge in [0.15, 0.2) is 23.1 Å². The lowest BCUT2D eigenvalue weighted by molar-refractivity contribution is 0.0954. The first-order valence-corrected chi connectivity index (χ1v) is 13.8. The quantitative estimate of drug-likeness (QED) is 0.210. The van der Waals surface area contributed by atoms with Crippen molar-refractivity contribution in [3.8, 4) is 17.3 Å². The molecule has 9 heteroatoms. The van der Waals surface area contributed by atoms with Crippen molar-refractivity contribution in [3.05, 3.63) is 95.3 Å².